The molecule has 4 heteroatoms. The molecule has 2 aliphatic heterocycles. The van der Waals surface area contributed by atoms with Crippen LogP contribution < -0.4 is 10.6 Å². The molecule has 0 saturated carbocycles. The highest BCUT2D eigenvalue weighted by Crippen LogP contribution is 2.53. The fourth-order valence-corrected chi connectivity index (χ4v) is 8.10. The van der Waals surface area contributed by atoms with Crippen molar-refractivity contribution in [1.82, 2.24) is 5.06 Å². The van der Waals surface area contributed by atoms with Crippen molar-refractivity contribution in [3.05, 3.63) is 60.7 Å². The van der Waals surface area contributed by atoms with Gasteiger partial charge in [-0.15, -0.1) is 0 Å². The molecule has 4 rings (SSSR count). The highest BCUT2D eigenvalue weighted by Gasteiger charge is 2.46. The molecule has 0 aliphatic carbocycles. The molecule has 0 N–H and O–H groups in total. The average molecular weight is 369 g/mol. The SMILES string of the molecule is CCC(C1CC2CCCCN2O1)P(=O)(c1ccccc1)c1ccccc1. The third-order valence-corrected chi connectivity index (χ3v) is 9.70. The van der Waals surface area contributed by atoms with Crippen molar-refractivity contribution in [2.45, 2.75) is 56.8 Å². The van der Waals surface area contributed by atoms with E-state index >= 15 is 0 Å². The minimum atomic E-state index is -2.79. The molecule has 2 aromatic rings. The number of rotatable bonds is 5. The molecule has 2 fully saturated rings. The van der Waals surface area contributed by atoms with Crippen LogP contribution in [0.3, 0.4) is 0 Å². The number of piperidine rings is 1. The first kappa shape index (κ1) is 18.0. The summed E-state index contributed by atoms with van der Waals surface area (Å²) >= 11 is 0. The Hall–Kier alpha value is -1.41. The predicted octanol–water partition coefficient (Wildman–Crippen LogP) is 4.34. The Morgan fingerprint density at radius 3 is 2.19 bits per heavy atom. The van der Waals surface area contributed by atoms with Gasteiger partial charge in [0, 0.05) is 28.9 Å². The Kier molecular flexibility index (Phi) is 5.31. The fraction of sp³-hybridized carbons (Fsp3) is 0.455. The third-order valence-electron chi connectivity index (χ3n) is 5.94. The van der Waals surface area contributed by atoms with Crippen molar-refractivity contribution < 1.29 is 9.40 Å². The van der Waals surface area contributed by atoms with Gasteiger partial charge in [0.05, 0.1) is 6.10 Å². The first-order chi connectivity index (χ1) is 12.7. The molecule has 3 atom stereocenters. The molecular weight excluding hydrogens is 341 g/mol. The summed E-state index contributed by atoms with van der Waals surface area (Å²) in [6.07, 6.45) is 5.58. The smallest absolute Gasteiger partial charge is 0.148 e. The standard InChI is InChI=1S/C22H28NO2P/c1-2-22(21-17-18-11-9-10-16-23(18)25-21)26(24,19-12-5-3-6-13-19)20-14-7-4-8-15-20/h3-8,12-15,18,21-22H,2,9-11,16-17H2,1H3. The summed E-state index contributed by atoms with van der Waals surface area (Å²) in [6, 6.07) is 20.6. The van der Waals surface area contributed by atoms with Crippen LogP contribution in [0.2, 0.25) is 0 Å². The van der Waals surface area contributed by atoms with Crippen LogP contribution in [-0.4, -0.2) is 29.4 Å². The quantitative estimate of drug-likeness (QED) is 0.735. The zero-order chi connectivity index (χ0) is 18.0. The van der Waals surface area contributed by atoms with E-state index in [9.17, 15) is 4.57 Å². The average Bonchev–Trinajstić information content (AvgIpc) is 3.13. The zero-order valence-electron chi connectivity index (χ0n) is 15.5. The molecule has 2 saturated heterocycles. The molecule has 0 radical (unpaired) electrons. The van der Waals surface area contributed by atoms with E-state index in [1.807, 2.05) is 60.7 Å². The molecule has 0 bridgehead atoms. The van der Waals surface area contributed by atoms with Crippen molar-refractivity contribution in [2.75, 3.05) is 6.54 Å². The minimum absolute atomic E-state index is 0.0119. The van der Waals surface area contributed by atoms with Gasteiger partial charge in [-0.05, 0) is 25.7 Å². The van der Waals surface area contributed by atoms with Crippen LogP contribution >= 0.6 is 7.14 Å². The monoisotopic (exact) mass is 369 g/mol. The van der Waals surface area contributed by atoms with E-state index in [0.717, 1.165) is 30.0 Å². The Balaban J connectivity index is 1.74. The van der Waals surface area contributed by atoms with Gasteiger partial charge >= 0.3 is 0 Å². The van der Waals surface area contributed by atoms with Crippen LogP contribution in [0.25, 0.3) is 0 Å². The first-order valence-corrected chi connectivity index (χ1v) is 11.7. The van der Waals surface area contributed by atoms with E-state index in [1.54, 1.807) is 0 Å². The second-order valence-electron chi connectivity index (χ2n) is 7.47. The maximum atomic E-state index is 14.6. The predicted molar refractivity (Wildman–Crippen MR) is 108 cm³/mol. The Morgan fingerprint density at radius 2 is 1.65 bits per heavy atom. The number of hydroxylamine groups is 2. The van der Waals surface area contributed by atoms with Gasteiger partial charge < -0.3 is 4.57 Å². The van der Waals surface area contributed by atoms with Gasteiger partial charge in [0.25, 0.3) is 0 Å². The highest BCUT2D eigenvalue weighted by atomic mass is 31.2. The van der Waals surface area contributed by atoms with Crippen molar-refractivity contribution in [1.29, 1.82) is 0 Å². The molecule has 0 spiro atoms. The van der Waals surface area contributed by atoms with Crippen molar-refractivity contribution in [3.63, 3.8) is 0 Å². The summed E-state index contributed by atoms with van der Waals surface area (Å²) in [4.78, 5) is 6.37. The minimum Gasteiger partial charge on any atom is -0.313 e. The van der Waals surface area contributed by atoms with Crippen LogP contribution in [0.15, 0.2) is 60.7 Å². The molecular formula is C22H28NO2P. The topological polar surface area (TPSA) is 29.5 Å². The van der Waals surface area contributed by atoms with Crippen LogP contribution in [0.4, 0.5) is 0 Å². The van der Waals surface area contributed by atoms with Crippen LogP contribution in [0.1, 0.15) is 39.0 Å². The molecule has 138 valence electrons. The Labute approximate surface area is 156 Å². The lowest BCUT2D eigenvalue weighted by atomic mass is 9.99. The molecule has 2 heterocycles. The van der Waals surface area contributed by atoms with Gasteiger partial charge in [-0.3, -0.25) is 4.84 Å². The maximum Gasteiger partial charge on any atom is 0.148 e. The number of hydrogen-bond acceptors (Lipinski definition) is 3. The number of nitrogens with zero attached hydrogens (tertiary/aromatic N) is 1. The Morgan fingerprint density at radius 1 is 1.04 bits per heavy atom. The summed E-state index contributed by atoms with van der Waals surface area (Å²) in [7, 11) is -2.79. The number of hydrogen-bond donors (Lipinski definition) is 0. The summed E-state index contributed by atoms with van der Waals surface area (Å²) in [5, 5.41) is 4.08. The van der Waals surface area contributed by atoms with E-state index in [0.29, 0.717) is 6.04 Å². The molecule has 0 amide bonds. The normalized spacial score (nSPS) is 25.0. The van der Waals surface area contributed by atoms with Crippen LogP contribution in [0.5, 0.6) is 0 Å². The van der Waals surface area contributed by atoms with E-state index in [1.165, 1.54) is 19.3 Å². The summed E-state index contributed by atoms with van der Waals surface area (Å²) < 4.78 is 14.6. The van der Waals surface area contributed by atoms with Gasteiger partial charge in [-0.2, -0.15) is 5.06 Å². The summed E-state index contributed by atoms with van der Waals surface area (Å²) in [6.45, 7) is 3.17. The lowest BCUT2D eigenvalue weighted by molar-refractivity contribution is -0.171. The molecule has 26 heavy (non-hydrogen) atoms. The lowest BCUT2D eigenvalue weighted by Crippen LogP contribution is -2.35. The zero-order valence-corrected chi connectivity index (χ0v) is 16.4. The molecule has 0 aromatic heterocycles. The molecule has 3 unspecified atom stereocenters. The number of benzene rings is 2. The second-order valence-corrected chi connectivity index (χ2v) is 10.5. The molecule has 3 nitrogen and oxygen atoms in total. The molecule has 2 aliphatic rings. The lowest BCUT2D eigenvalue weighted by Gasteiger charge is -2.32. The third kappa shape index (κ3) is 3.17. The highest BCUT2D eigenvalue weighted by molar-refractivity contribution is 7.79. The van der Waals surface area contributed by atoms with Gasteiger partial charge in [-0.25, -0.2) is 0 Å². The van der Waals surface area contributed by atoms with Crippen molar-refractivity contribution in [2.24, 2.45) is 0 Å². The number of fused-ring (bicyclic) bond motifs is 1. The fourth-order valence-electron chi connectivity index (χ4n) is 4.65. The maximum absolute atomic E-state index is 14.6. The van der Waals surface area contributed by atoms with E-state index in [-0.39, 0.29) is 11.8 Å². The second kappa shape index (κ2) is 7.68. The molecule has 2 aromatic carbocycles. The van der Waals surface area contributed by atoms with E-state index in [4.69, 9.17) is 4.84 Å². The van der Waals surface area contributed by atoms with Crippen LogP contribution in [-0.2, 0) is 9.40 Å². The van der Waals surface area contributed by atoms with Crippen LogP contribution in [0, 0.1) is 0 Å². The largest absolute Gasteiger partial charge is 0.313 e. The van der Waals surface area contributed by atoms with Crippen molar-refractivity contribution >= 4 is 17.8 Å². The van der Waals surface area contributed by atoms with E-state index < -0.39 is 7.14 Å². The first-order valence-electron chi connectivity index (χ1n) is 9.88. The van der Waals surface area contributed by atoms with Gasteiger partial charge in [0.1, 0.15) is 7.14 Å². The van der Waals surface area contributed by atoms with Gasteiger partial charge in [0.2, 0.25) is 0 Å². The van der Waals surface area contributed by atoms with Crippen molar-refractivity contribution in [3.8, 4) is 0 Å². The summed E-state index contributed by atoms with van der Waals surface area (Å²) in [5.74, 6) is 0. The Bertz CT molecular complexity index is 707. The van der Waals surface area contributed by atoms with E-state index in [2.05, 4.69) is 12.0 Å². The summed E-state index contributed by atoms with van der Waals surface area (Å²) in [5.41, 5.74) is 0.0119. The van der Waals surface area contributed by atoms with Gasteiger partial charge in [0.15, 0.2) is 0 Å². The van der Waals surface area contributed by atoms with Gasteiger partial charge in [-0.1, -0.05) is 74.0 Å².